The molecule has 3 heteroatoms. The summed E-state index contributed by atoms with van der Waals surface area (Å²) in [5, 5.41) is 14.5. The Morgan fingerprint density at radius 1 is 1.32 bits per heavy atom. The lowest BCUT2D eigenvalue weighted by Gasteiger charge is -2.10. The Morgan fingerprint density at radius 3 is 2.63 bits per heavy atom. The van der Waals surface area contributed by atoms with Gasteiger partial charge in [0.15, 0.2) is 0 Å². The lowest BCUT2D eigenvalue weighted by Crippen LogP contribution is -2.01. The maximum absolute atomic E-state index is 10.3. The highest BCUT2D eigenvalue weighted by atomic mass is 16.3. The first-order chi connectivity index (χ1) is 9.26. The number of hydrogen-bond donors (Lipinski definition) is 1. The molecule has 0 aliphatic heterocycles. The van der Waals surface area contributed by atoms with Crippen LogP contribution in [0.2, 0.25) is 0 Å². The molecule has 0 bridgehead atoms. The van der Waals surface area contributed by atoms with Crippen LogP contribution in [0.4, 0.5) is 0 Å². The van der Waals surface area contributed by atoms with Crippen molar-refractivity contribution < 1.29 is 5.11 Å². The molecule has 1 saturated carbocycles. The maximum Gasteiger partial charge on any atom is 0.0831 e. The van der Waals surface area contributed by atoms with Gasteiger partial charge < -0.3 is 5.11 Å². The fourth-order valence-corrected chi connectivity index (χ4v) is 2.43. The summed E-state index contributed by atoms with van der Waals surface area (Å²) in [6.45, 7) is 2.93. The van der Waals surface area contributed by atoms with E-state index in [0.717, 1.165) is 23.6 Å². The molecule has 1 atom stereocenters. The first kappa shape index (κ1) is 12.4. The molecule has 3 nitrogen and oxygen atoms in total. The fraction of sp³-hybridized carbons (Fsp3) is 0.438. The van der Waals surface area contributed by atoms with Crippen LogP contribution in [0.3, 0.4) is 0 Å². The molecule has 1 aliphatic rings. The number of rotatable bonds is 5. The summed E-state index contributed by atoms with van der Waals surface area (Å²) in [7, 11) is 0. The first-order valence-electron chi connectivity index (χ1n) is 7.05. The van der Waals surface area contributed by atoms with Crippen molar-refractivity contribution in [2.24, 2.45) is 0 Å². The lowest BCUT2D eigenvalue weighted by molar-refractivity contribution is 0.178. The molecule has 1 aliphatic carbocycles. The third-order valence-corrected chi connectivity index (χ3v) is 3.81. The van der Waals surface area contributed by atoms with Crippen LogP contribution in [0.5, 0.6) is 0 Å². The highest BCUT2D eigenvalue weighted by Gasteiger charge is 2.23. The Hall–Kier alpha value is -1.61. The number of nitrogens with zero attached hydrogens (tertiary/aromatic N) is 2. The van der Waals surface area contributed by atoms with Gasteiger partial charge in [-0.3, -0.25) is 4.68 Å². The van der Waals surface area contributed by atoms with Crippen LogP contribution in [0.1, 0.15) is 48.5 Å². The van der Waals surface area contributed by atoms with E-state index in [1.807, 2.05) is 17.1 Å². The molecule has 0 radical (unpaired) electrons. The number of aryl methyl sites for hydroxylation is 1. The normalized spacial score (nSPS) is 16.5. The van der Waals surface area contributed by atoms with Crippen LogP contribution < -0.4 is 0 Å². The smallest absolute Gasteiger partial charge is 0.0831 e. The second kappa shape index (κ2) is 5.17. The van der Waals surface area contributed by atoms with Crippen molar-refractivity contribution in [3.63, 3.8) is 0 Å². The second-order valence-electron chi connectivity index (χ2n) is 5.37. The number of benzene rings is 1. The predicted molar refractivity (Wildman–Crippen MR) is 75.0 cm³/mol. The van der Waals surface area contributed by atoms with Crippen molar-refractivity contribution in [3.8, 4) is 0 Å². The standard InChI is InChI=1S/C16H20N2O/c1-2-18-11-12(10-17-18)9-16(19)15-7-5-14(6-8-15)13-3-4-13/h5-8,10-11,13,16,19H,2-4,9H2,1H3. The Morgan fingerprint density at radius 2 is 2.05 bits per heavy atom. The minimum Gasteiger partial charge on any atom is -0.388 e. The number of aliphatic hydroxyl groups is 1. The van der Waals surface area contributed by atoms with E-state index in [4.69, 9.17) is 0 Å². The summed E-state index contributed by atoms with van der Waals surface area (Å²) < 4.78 is 1.89. The lowest BCUT2D eigenvalue weighted by atomic mass is 10.0. The summed E-state index contributed by atoms with van der Waals surface area (Å²) in [5.41, 5.74) is 3.49. The zero-order chi connectivity index (χ0) is 13.2. The van der Waals surface area contributed by atoms with Crippen molar-refractivity contribution in [2.75, 3.05) is 0 Å². The molecular weight excluding hydrogens is 236 g/mol. The summed E-state index contributed by atoms with van der Waals surface area (Å²) in [4.78, 5) is 0. The number of aromatic nitrogens is 2. The Labute approximate surface area is 113 Å². The number of aliphatic hydroxyl groups excluding tert-OH is 1. The average Bonchev–Trinajstić information content (AvgIpc) is 3.19. The van der Waals surface area contributed by atoms with Gasteiger partial charge in [0.25, 0.3) is 0 Å². The highest BCUT2D eigenvalue weighted by molar-refractivity contribution is 5.29. The zero-order valence-corrected chi connectivity index (χ0v) is 11.3. The Kier molecular flexibility index (Phi) is 3.38. The topological polar surface area (TPSA) is 38.0 Å². The van der Waals surface area contributed by atoms with Crippen molar-refractivity contribution in [3.05, 3.63) is 53.3 Å². The van der Waals surface area contributed by atoms with Gasteiger partial charge in [-0.1, -0.05) is 24.3 Å². The molecule has 0 spiro atoms. The van der Waals surface area contributed by atoms with E-state index in [0.29, 0.717) is 6.42 Å². The third-order valence-electron chi connectivity index (χ3n) is 3.81. The van der Waals surface area contributed by atoms with E-state index in [-0.39, 0.29) is 0 Å². The minimum atomic E-state index is -0.442. The highest BCUT2D eigenvalue weighted by Crippen LogP contribution is 2.40. The van der Waals surface area contributed by atoms with Crippen LogP contribution in [0, 0.1) is 0 Å². The van der Waals surface area contributed by atoms with E-state index in [1.165, 1.54) is 18.4 Å². The van der Waals surface area contributed by atoms with Crippen LogP contribution in [-0.4, -0.2) is 14.9 Å². The van der Waals surface area contributed by atoms with Gasteiger partial charge in [-0.25, -0.2) is 0 Å². The molecule has 1 unspecified atom stereocenters. The van der Waals surface area contributed by atoms with Gasteiger partial charge in [0.1, 0.15) is 0 Å². The van der Waals surface area contributed by atoms with Gasteiger partial charge in [0.2, 0.25) is 0 Å². The molecular formula is C16H20N2O. The molecule has 1 aromatic carbocycles. The molecule has 19 heavy (non-hydrogen) atoms. The van der Waals surface area contributed by atoms with Crippen LogP contribution >= 0.6 is 0 Å². The van der Waals surface area contributed by atoms with Gasteiger partial charge in [0.05, 0.1) is 12.3 Å². The SMILES string of the molecule is CCn1cc(CC(O)c2ccc(C3CC3)cc2)cn1. The molecule has 100 valence electrons. The molecule has 0 saturated heterocycles. The van der Waals surface area contributed by atoms with Crippen LogP contribution in [0.25, 0.3) is 0 Å². The van der Waals surface area contributed by atoms with Crippen molar-refractivity contribution in [1.82, 2.24) is 9.78 Å². The molecule has 0 amide bonds. The quantitative estimate of drug-likeness (QED) is 0.893. The van der Waals surface area contributed by atoms with Crippen molar-refractivity contribution in [1.29, 1.82) is 0 Å². The third kappa shape index (κ3) is 2.87. The molecule has 3 rings (SSSR count). The zero-order valence-electron chi connectivity index (χ0n) is 11.3. The molecule has 1 N–H and O–H groups in total. The van der Waals surface area contributed by atoms with Gasteiger partial charge in [-0.2, -0.15) is 5.10 Å². The Balaban J connectivity index is 1.66. The first-order valence-corrected chi connectivity index (χ1v) is 7.05. The molecule has 1 fully saturated rings. The van der Waals surface area contributed by atoms with Crippen molar-refractivity contribution in [2.45, 2.75) is 44.8 Å². The van der Waals surface area contributed by atoms with Crippen LogP contribution in [0.15, 0.2) is 36.7 Å². The van der Waals surface area contributed by atoms with Gasteiger partial charge >= 0.3 is 0 Å². The van der Waals surface area contributed by atoms with E-state index in [9.17, 15) is 5.11 Å². The average molecular weight is 256 g/mol. The summed E-state index contributed by atoms with van der Waals surface area (Å²) >= 11 is 0. The predicted octanol–water partition coefficient (Wildman–Crippen LogP) is 3.06. The van der Waals surface area contributed by atoms with Gasteiger partial charge in [-0.05, 0) is 42.4 Å². The van der Waals surface area contributed by atoms with E-state index < -0.39 is 6.10 Å². The monoisotopic (exact) mass is 256 g/mol. The van der Waals surface area contributed by atoms with E-state index in [1.54, 1.807) is 0 Å². The van der Waals surface area contributed by atoms with E-state index in [2.05, 4.69) is 36.3 Å². The maximum atomic E-state index is 10.3. The minimum absolute atomic E-state index is 0.442. The fourth-order valence-electron chi connectivity index (χ4n) is 2.43. The van der Waals surface area contributed by atoms with Gasteiger partial charge in [0, 0.05) is 19.2 Å². The molecule has 1 heterocycles. The summed E-state index contributed by atoms with van der Waals surface area (Å²) in [6.07, 6.45) is 6.66. The summed E-state index contributed by atoms with van der Waals surface area (Å²) in [6, 6.07) is 8.43. The largest absolute Gasteiger partial charge is 0.388 e. The van der Waals surface area contributed by atoms with Crippen molar-refractivity contribution >= 4 is 0 Å². The molecule has 2 aromatic rings. The summed E-state index contributed by atoms with van der Waals surface area (Å²) in [5.74, 6) is 0.772. The molecule has 1 aromatic heterocycles. The number of hydrogen-bond acceptors (Lipinski definition) is 2. The van der Waals surface area contributed by atoms with Gasteiger partial charge in [-0.15, -0.1) is 0 Å². The second-order valence-corrected chi connectivity index (χ2v) is 5.37. The van der Waals surface area contributed by atoms with Crippen LogP contribution in [-0.2, 0) is 13.0 Å². The van der Waals surface area contributed by atoms with E-state index >= 15 is 0 Å². The Bertz CT molecular complexity index is 540.